The Balaban J connectivity index is 0.000000137. The molecule has 0 amide bonds. The molecule has 0 fully saturated rings. The van der Waals surface area contributed by atoms with Gasteiger partial charge in [0.1, 0.15) is 50.2 Å². The third kappa shape index (κ3) is 13.3. The maximum absolute atomic E-state index is 13.5. The van der Waals surface area contributed by atoms with Crippen LogP contribution in [0, 0.1) is 45.4 Å². The van der Waals surface area contributed by atoms with E-state index in [2.05, 4.69) is 120 Å². The molecule has 0 aliphatic carbocycles. The van der Waals surface area contributed by atoms with Crippen LogP contribution < -0.4 is 9.47 Å². The highest BCUT2D eigenvalue weighted by molar-refractivity contribution is 9.11. The highest BCUT2D eigenvalue weighted by Crippen LogP contribution is 2.35. The Morgan fingerprint density at radius 3 is 1.34 bits per heavy atom. The van der Waals surface area contributed by atoms with Crippen molar-refractivity contribution in [1.29, 1.82) is 0 Å². The number of pyridine rings is 1. The fourth-order valence-corrected chi connectivity index (χ4v) is 10.8. The van der Waals surface area contributed by atoms with Crippen molar-refractivity contribution in [1.82, 2.24) is 64.1 Å². The Kier molecular flexibility index (Phi) is 19.4. The van der Waals surface area contributed by atoms with Gasteiger partial charge in [0.05, 0.1) is 68.6 Å². The second-order valence-corrected chi connectivity index (χ2v) is 22.7. The number of phenolic OH excluding ortho intramolecular Hbond substituents is 2. The van der Waals surface area contributed by atoms with Crippen molar-refractivity contribution in [3.05, 3.63) is 140 Å². The van der Waals surface area contributed by atoms with Crippen molar-refractivity contribution in [2.45, 2.75) is 27.7 Å². The number of rotatable bonds is 2. The minimum absolute atomic E-state index is 0.102. The number of nitrogens with one attached hydrogen (secondary N) is 1. The SMILES string of the molecule is COc1cc(Br)cc2nn(C)c(C)c12.COc1cc(Br)cc2nn(C)c(F)c12.Cc1[nH]nc2cc(Br)cc(F)c12.Cc1c2c(Cl)nc(Cl)cc2nn1C.Cc1c2c(O)cc(Br)cc2nn1C.Cn1nc2cc(Br)cc(O)c2c1F. The number of hydrogen-bond acceptors (Lipinski definition) is 11. The zero-order chi connectivity index (χ0) is 58.1. The molecule has 12 aromatic rings. The van der Waals surface area contributed by atoms with Gasteiger partial charge in [-0.25, -0.2) is 18.7 Å². The lowest BCUT2D eigenvalue weighted by molar-refractivity contribution is 0.416. The molecule has 0 aliphatic rings. The van der Waals surface area contributed by atoms with E-state index in [4.69, 9.17) is 32.7 Å². The van der Waals surface area contributed by atoms with Crippen LogP contribution in [0.1, 0.15) is 22.8 Å². The first kappa shape index (κ1) is 60.7. The summed E-state index contributed by atoms with van der Waals surface area (Å²) < 4.78 is 62.2. The van der Waals surface area contributed by atoms with Crippen LogP contribution in [0.2, 0.25) is 10.3 Å². The summed E-state index contributed by atoms with van der Waals surface area (Å²) >= 11 is 28.1. The average molecular weight is 1450 g/mol. The third-order valence-electron chi connectivity index (χ3n) is 12.1. The summed E-state index contributed by atoms with van der Waals surface area (Å²) in [6, 6.07) is 19.0. The molecular weight excluding hydrogens is 1400 g/mol. The molecule has 3 N–H and O–H groups in total. The molecule has 27 heteroatoms. The number of aromatic nitrogens is 13. The largest absolute Gasteiger partial charge is 0.507 e. The number of nitrogens with zero attached hydrogens (tertiary/aromatic N) is 12. The first-order valence-corrected chi connectivity index (χ1v) is 27.8. The zero-order valence-corrected chi connectivity index (χ0v) is 53.1. The van der Waals surface area contributed by atoms with Crippen LogP contribution in [0.4, 0.5) is 13.2 Å². The lowest BCUT2D eigenvalue weighted by atomic mass is 10.2. The van der Waals surface area contributed by atoms with Crippen LogP contribution in [0.15, 0.2) is 89.1 Å². The molecule has 12 rings (SSSR count). The van der Waals surface area contributed by atoms with Gasteiger partial charge in [-0.3, -0.25) is 19.1 Å². The molecular formula is C52H47Br5Cl2F3N13O4. The predicted octanol–water partition coefficient (Wildman–Crippen LogP) is 15.0. The maximum Gasteiger partial charge on any atom is 0.222 e. The fraction of sp³-hybridized carbons (Fsp3) is 0.212. The van der Waals surface area contributed by atoms with E-state index >= 15 is 0 Å². The maximum atomic E-state index is 13.5. The summed E-state index contributed by atoms with van der Waals surface area (Å²) in [6.07, 6.45) is 0. The van der Waals surface area contributed by atoms with E-state index in [1.54, 1.807) is 66.8 Å². The number of aryl methyl sites for hydroxylation is 9. The Labute approximate surface area is 501 Å². The predicted molar refractivity (Wildman–Crippen MR) is 321 cm³/mol. The van der Waals surface area contributed by atoms with Crippen LogP contribution in [0.3, 0.4) is 0 Å². The zero-order valence-electron chi connectivity index (χ0n) is 43.7. The van der Waals surface area contributed by atoms with Crippen LogP contribution in [-0.4, -0.2) is 88.5 Å². The second kappa shape index (κ2) is 25.2. The van der Waals surface area contributed by atoms with Gasteiger partial charge in [-0.15, -0.1) is 0 Å². The summed E-state index contributed by atoms with van der Waals surface area (Å²) in [5.74, 6) is 0.361. The van der Waals surface area contributed by atoms with Gasteiger partial charge in [-0.05, 0) is 88.4 Å². The quantitative estimate of drug-likeness (QED) is 0.140. The number of benzene rings is 5. The van der Waals surface area contributed by atoms with E-state index in [0.29, 0.717) is 52.3 Å². The number of halogens is 10. The molecule has 5 aromatic carbocycles. The summed E-state index contributed by atoms with van der Waals surface area (Å²) in [4.78, 5) is 3.95. The van der Waals surface area contributed by atoms with Gasteiger partial charge >= 0.3 is 0 Å². The van der Waals surface area contributed by atoms with E-state index < -0.39 is 5.95 Å². The van der Waals surface area contributed by atoms with Gasteiger partial charge in [0, 0.05) is 86.4 Å². The standard InChI is InChI=1S/C10H11BrN2O.C9H8BrFN2O.C9H9BrN2O.C8H6BrFN2O.C8H6BrFN2.C8H7Cl2N3/c1-6-10-8(12-13(6)2)4-7(11)5-9(10)14-3;1-13-9(11)8-6(12-13)3-5(10)4-7(8)14-2;1-5-9-7(11-12(5)2)3-6(10)4-8(9)13;1-12-8(10)7-5(11-12)2-4(9)3-6(7)13;1-4-8-6(10)2-5(9)3-7(8)12-11-4;1-4-7-5(12-13(4)2)3-6(9)11-8(7)10/h4-5H,1-3H3;3-4H,1-2H3;3-4,13H,1-2H3;2-3,13H,1H3;2-3H,1H3,(H,11,12);3H,1-2H3. The van der Waals surface area contributed by atoms with Gasteiger partial charge in [0.15, 0.2) is 0 Å². The van der Waals surface area contributed by atoms with E-state index in [0.717, 1.165) is 79.3 Å². The number of fused-ring (bicyclic) bond motifs is 6. The van der Waals surface area contributed by atoms with Crippen LogP contribution in [-0.2, 0) is 35.2 Å². The van der Waals surface area contributed by atoms with Crippen molar-refractivity contribution < 1.29 is 32.9 Å². The molecule has 0 spiro atoms. The monoisotopic (exact) mass is 1440 g/mol. The molecule has 79 heavy (non-hydrogen) atoms. The summed E-state index contributed by atoms with van der Waals surface area (Å²) in [5.41, 5.74) is 8.05. The molecule has 0 bridgehead atoms. The average Bonchev–Trinajstić information content (AvgIpc) is 4.26. The van der Waals surface area contributed by atoms with Crippen molar-refractivity contribution in [2.24, 2.45) is 35.2 Å². The number of methoxy groups -OCH3 is 2. The topological polar surface area (TPSA) is 190 Å². The fourth-order valence-electron chi connectivity index (χ4n) is 8.12. The van der Waals surface area contributed by atoms with Gasteiger partial charge in [0.2, 0.25) is 11.9 Å². The van der Waals surface area contributed by atoms with Crippen molar-refractivity contribution in [2.75, 3.05) is 14.2 Å². The Hall–Kier alpha value is -5.96. The molecule has 7 heterocycles. The molecule has 0 saturated carbocycles. The van der Waals surface area contributed by atoms with Crippen molar-refractivity contribution in [3.8, 4) is 23.0 Å². The minimum Gasteiger partial charge on any atom is -0.507 e. The lowest BCUT2D eigenvalue weighted by Gasteiger charge is -2.02. The Bertz CT molecular complexity index is 3950. The van der Waals surface area contributed by atoms with Gasteiger partial charge in [-0.2, -0.15) is 39.4 Å². The number of ether oxygens (including phenoxy) is 2. The van der Waals surface area contributed by atoms with Crippen LogP contribution in [0.5, 0.6) is 23.0 Å². The molecule has 0 saturated heterocycles. The van der Waals surface area contributed by atoms with Gasteiger partial charge < -0.3 is 19.7 Å². The van der Waals surface area contributed by atoms with Crippen molar-refractivity contribution >= 4 is 168 Å². The third-order valence-corrected chi connectivity index (χ3v) is 14.9. The molecule has 0 unspecified atom stereocenters. The highest BCUT2D eigenvalue weighted by Gasteiger charge is 2.17. The summed E-state index contributed by atoms with van der Waals surface area (Å²) in [6.45, 7) is 7.71. The van der Waals surface area contributed by atoms with E-state index in [-0.39, 0.29) is 28.7 Å². The number of phenols is 2. The number of hydrogen-bond donors (Lipinski definition) is 3. The second-order valence-electron chi connectivity index (χ2n) is 17.4. The van der Waals surface area contributed by atoms with Crippen molar-refractivity contribution in [3.63, 3.8) is 0 Å². The van der Waals surface area contributed by atoms with Gasteiger partial charge in [-0.1, -0.05) is 103 Å². The highest BCUT2D eigenvalue weighted by atomic mass is 79.9. The molecule has 414 valence electrons. The normalized spacial score (nSPS) is 10.9. The van der Waals surface area contributed by atoms with E-state index in [9.17, 15) is 23.4 Å². The van der Waals surface area contributed by atoms with E-state index in [1.807, 2.05) is 64.8 Å². The first-order valence-electron chi connectivity index (χ1n) is 23.0. The number of aromatic hydroxyl groups is 2. The Morgan fingerprint density at radius 1 is 0.456 bits per heavy atom. The molecule has 17 nitrogen and oxygen atoms in total. The first-order chi connectivity index (χ1) is 37.2. The van der Waals surface area contributed by atoms with E-state index in [1.165, 1.54) is 31.0 Å². The number of H-pyrrole nitrogens is 1. The molecule has 0 atom stereocenters. The Morgan fingerprint density at radius 2 is 0.823 bits per heavy atom. The van der Waals surface area contributed by atoms with Crippen LogP contribution >= 0.6 is 103 Å². The lowest BCUT2D eigenvalue weighted by Crippen LogP contribution is -1.93. The van der Waals surface area contributed by atoms with Crippen LogP contribution in [0.25, 0.3) is 65.4 Å². The smallest absolute Gasteiger partial charge is 0.222 e. The summed E-state index contributed by atoms with van der Waals surface area (Å²) in [7, 11) is 11.9. The molecule has 7 aromatic heterocycles. The molecule has 0 aliphatic heterocycles. The van der Waals surface area contributed by atoms with Gasteiger partial charge in [0.25, 0.3) is 0 Å². The summed E-state index contributed by atoms with van der Waals surface area (Å²) in [5, 5.41) is 51.3. The molecule has 0 radical (unpaired) electrons. The number of aromatic amines is 1. The minimum atomic E-state index is -0.528.